The Hall–Kier alpha value is -0.280. The molecule has 1 aliphatic rings. The highest BCUT2D eigenvalue weighted by Gasteiger charge is 2.21. The number of halogens is 1. The summed E-state index contributed by atoms with van der Waals surface area (Å²) in [7, 11) is 0. The van der Waals surface area contributed by atoms with Gasteiger partial charge in [-0.15, -0.1) is 12.4 Å². The second-order valence-corrected chi connectivity index (χ2v) is 4.88. The van der Waals surface area contributed by atoms with Crippen LogP contribution in [0.1, 0.15) is 46.0 Å². The van der Waals surface area contributed by atoms with Crippen molar-refractivity contribution in [1.29, 1.82) is 0 Å². The lowest BCUT2D eigenvalue weighted by Crippen LogP contribution is -2.41. The summed E-state index contributed by atoms with van der Waals surface area (Å²) in [6.45, 7) is 6.84. The number of hydrogen-bond donors (Lipinski definition) is 1. The van der Waals surface area contributed by atoms with E-state index in [1.807, 2.05) is 0 Å². The average Bonchev–Trinajstić information content (AvgIpc) is 2.17. The van der Waals surface area contributed by atoms with E-state index in [2.05, 4.69) is 18.7 Å². The lowest BCUT2D eigenvalue weighted by Gasteiger charge is -2.36. The first-order valence-corrected chi connectivity index (χ1v) is 6.05. The van der Waals surface area contributed by atoms with Gasteiger partial charge >= 0.3 is 5.97 Å². The van der Waals surface area contributed by atoms with Gasteiger partial charge in [0.25, 0.3) is 0 Å². The molecule has 0 aromatic rings. The summed E-state index contributed by atoms with van der Waals surface area (Å²) in [5.41, 5.74) is 0. The average molecular weight is 250 g/mol. The summed E-state index contributed by atoms with van der Waals surface area (Å²) in [6, 6.07) is 0.686. The number of aliphatic carboxylic acids is 1. The monoisotopic (exact) mass is 249 g/mol. The highest BCUT2D eigenvalue weighted by Crippen LogP contribution is 2.21. The normalized spacial score (nSPS) is 26.1. The molecule has 0 radical (unpaired) electrons. The molecule has 1 rings (SSSR count). The topological polar surface area (TPSA) is 40.5 Å². The molecular formula is C12H24ClNO2. The number of likely N-dealkylation sites (tertiary alicyclic amines) is 1. The summed E-state index contributed by atoms with van der Waals surface area (Å²) in [5, 5.41) is 8.53. The van der Waals surface area contributed by atoms with Gasteiger partial charge in [0.05, 0.1) is 0 Å². The zero-order valence-corrected chi connectivity index (χ0v) is 11.1. The highest BCUT2D eigenvalue weighted by molar-refractivity contribution is 5.85. The summed E-state index contributed by atoms with van der Waals surface area (Å²) < 4.78 is 0. The molecule has 0 bridgehead atoms. The van der Waals surface area contributed by atoms with E-state index < -0.39 is 5.97 Å². The van der Waals surface area contributed by atoms with Gasteiger partial charge in [0.1, 0.15) is 0 Å². The van der Waals surface area contributed by atoms with Crippen molar-refractivity contribution in [2.75, 3.05) is 13.1 Å². The molecule has 96 valence electrons. The van der Waals surface area contributed by atoms with Gasteiger partial charge in [0.15, 0.2) is 0 Å². The van der Waals surface area contributed by atoms with Crippen LogP contribution in [0.25, 0.3) is 0 Å². The Morgan fingerprint density at radius 1 is 1.31 bits per heavy atom. The van der Waals surface area contributed by atoms with Crippen LogP contribution in [0.5, 0.6) is 0 Å². The van der Waals surface area contributed by atoms with Gasteiger partial charge in [0.2, 0.25) is 0 Å². The molecule has 1 aliphatic heterocycles. The van der Waals surface area contributed by atoms with E-state index in [1.54, 1.807) is 0 Å². The van der Waals surface area contributed by atoms with Gasteiger partial charge in [-0.25, -0.2) is 0 Å². The van der Waals surface area contributed by atoms with Crippen LogP contribution in [0.15, 0.2) is 0 Å². The van der Waals surface area contributed by atoms with E-state index in [0.29, 0.717) is 12.5 Å². The molecule has 0 aliphatic carbocycles. The zero-order chi connectivity index (χ0) is 11.3. The number of unbranched alkanes of at least 4 members (excludes halogenated alkanes) is 1. The maximum absolute atomic E-state index is 10.4. The fraction of sp³-hybridized carbons (Fsp3) is 0.917. The minimum Gasteiger partial charge on any atom is -0.481 e. The van der Waals surface area contributed by atoms with Crippen LogP contribution in [-0.4, -0.2) is 35.1 Å². The summed E-state index contributed by atoms with van der Waals surface area (Å²) in [4.78, 5) is 12.9. The van der Waals surface area contributed by atoms with E-state index in [9.17, 15) is 4.79 Å². The Labute approximate surface area is 105 Å². The molecule has 0 spiro atoms. The van der Waals surface area contributed by atoms with Gasteiger partial charge in [-0.05, 0) is 45.1 Å². The number of carboxylic acids is 1. The van der Waals surface area contributed by atoms with Crippen molar-refractivity contribution in [3.8, 4) is 0 Å². The van der Waals surface area contributed by atoms with Gasteiger partial charge in [-0.1, -0.05) is 6.92 Å². The third-order valence-electron chi connectivity index (χ3n) is 3.33. The quantitative estimate of drug-likeness (QED) is 0.762. The Kier molecular flexibility index (Phi) is 7.77. The van der Waals surface area contributed by atoms with Crippen LogP contribution >= 0.6 is 12.4 Å². The van der Waals surface area contributed by atoms with E-state index in [4.69, 9.17) is 5.11 Å². The summed E-state index contributed by atoms with van der Waals surface area (Å²) in [5.74, 6) is 0.135. The summed E-state index contributed by atoms with van der Waals surface area (Å²) >= 11 is 0. The number of carbonyl (C=O) groups is 1. The molecule has 16 heavy (non-hydrogen) atoms. The third kappa shape index (κ3) is 5.71. The second-order valence-electron chi connectivity index (χ2n) is 4.88. The molecule has 3 nitrogen and oxygen atoms in total. The van der Waals surface area contributed by atoms with Crippen molar-refractivity contribution in [2.24, 2.45) is 5.92 Å². The van der Waals surface area contributed by atoms with Crippen molar-refractivity contribution in [2.45, 2.75) is 52.0 Å². The molecule has 2 atom stereocenters. The fourth-order valence-electron chi connectivity index (χ4n) is 2.28. The third-order valence-corrected chi connectivity index (χ3v) is 3.33. The first kappa shape index (κ1) is 15.7. The largest absolute Gasteiger partial charge is 0.481 e. The molecule has 1 heterocycles. The molecule has 0 aromatic carbocycles. The number of hydrogen-bond acceptors (Lipinski definition) is 2. The van der Waals surface area contributed by atoms with E-state index in [1.165, 1.54) is 19.4 Å². The van der Waals surface area contributed by atoms with Gasteiger partial charge < -0.3 is 10.0 Å². The van der Waals surface area contributed by atoms with Crippen LogP contribution in [0.2, 0.25) is 0 Å². The maximum Gasteiger partial charge on any atom is 0.303 e. The van der Waals surface area contributed by atoms with Crippen LogP contribution < -0.4 is 0 Å². The van der Waals surface area contributed by atoms with E-state index in [-0.39, 0.29) is 12.4 Å². The fourth-order valence-corrected chi connectivity index (χ4v) is 2.28. The van der Waals surface area contributed by atoms with Crippen molar-refractivity contribution in [3.63, 3.8) is 0 Å². The smallest absolute Gasteiger partial charge is 0.303 e. The Morgan fingerprint density at radius 2 is 2.00 bits per heavy atom. The first-order valence-electron chi connectivity index (χ1n) is 6.05. The lowest BCUT2D eigenvalue weighted by molar-refractivity contribution is -0.137. The lowest BCUT2D eigenvalue weighted by atomic mass is 9.95. The zero-order valence-electron chi connectivity index (χ0n) is 10.3. The number of rotatable bonds is 5. The van der Waals surface area contributed by atoms with Crippen LogP contribution in [0.3, 0.4) is 0 Å². The molecule has 0 aromatic heterocycles. The van der Waals surface area contributed by atoms with Crippen LogP contribution in [0.4, 0.5) is 0 Å². The second kappa shape index (κ2) is 7.91. The number of piperidine rings is 1. The van der Waals surface area contributed by atoms with Crippen LogP contribution in [-0.2, 0) is 4.79 Å². The molecule has 0 saturated carbocycles. The predicted molar refractivity (Wildman–Crippen MR) is 68.2 cm³/mol. The maximum atomic E-state index is 10.4. The molecule has 2 unspecified atom stereocenters. The standard InChI is InChI=1S/C12H23NO2.ClH/c1-10-6-7-11(2)13(9-10)8-4-3-5-12(14)15;/h10-11H,3-9H2,1-2H3,(H,14,15);1H. The molecule has 1 saturated heterocycles. The minimum absolute atomic E-state index is 0. The molecule has 4 heteroatoms. The molecule has 1 N–H and O–H groups in total. The van der Waals surface area contributed by atoms with Crippen molar-refractivity contribution in [3.05, 3.63) is 0 Å². The number of carboxylic acid groups (broad SMARTS) is 1. The van der Waals surface area contributed by atoms with E-state index in [0.717, 1.165) is 25.3 Å². The van der Waals surface area contributed by atoms with Gasteiger partial charge in [-0.2, -0.15) is 0 Å². The Bertz CT molecular complexity index is 211. The number of nitrogens with zero attached hydrogens (tertiary/aromatic N) is 1. The Morgan fingerprint density at radius 3 is 2.62 bits per heavy atom. The van der Waals surface area contributed by atoms with Crippen molar-refractivity contribution in [1.82, 2.24) is 4.90 Å². The summed E-state index contributed by atoms with van der Waals surface area (Å²) in [6.07, 6.45) is 4.78. The first-order chi connectivity index (χ1) is 7.09. The SMILES string of the molecule is CC1CCC(C)N(CCCCC(=O)O)C1.Cl. The molecule has 1 fully saturated rings. The van der Waals surface area contributed by atoms with Gasteiger partial charge in [-0.3, -0.25) is 4.79 Å². The Balaban J connectivity index is 0.00000225. The molecular weight excluding hydrogens is 226 g/mol. The van der Waals surface area contributed by atoms with Crippen molar-refractivity contribution < 1.29 is 9.90 Å². The minimum atomic E-state index is -0.671. The predicted octanol–water partition coefficient (Wildman–Crippen LogP) is 2.78. The van der Waals surface area contributed by atoms with Crippen molar-refractivity contribution >= 4 is 18.4 Å². The van der Waals surface area contributed by atoms with Crippen LogP contribution in [0, 0.1) is 5.92 Å². The molecule has 0 amide bonds. The van der Waals surface area contributed by atoms with Gasteiger partial charge in [0, 0.05) is 19.0 Å². The van der Waals surface area contributed by atoms with E-state index >= 15 is 0 Å². The highest BCUT2D eigenvalue weighted by atomic mass is 35.5.